The zero-order valence-corrected chi connectivity index (χ0v) is 9.46. The molecule has 1 aliphatic heterocycles. The Bertz CT molecular complexity index is 346. The van der Waals surface area contributed by atoms with E-state index in [9.17, 15) is 4.39 Å². The lowest BCUT2D eigenvalue weighted by atomic mass is 9.99. The van der Waals surface area contributed by atoms with Crippen molar-refractivity contribution < 1.29 is 4.39 Å². The molecule has 0 bridgehead atoms. The van der Waals surface area contributed by atoms with Crippen molar-refractivity contribution in [2.75, 3.05) is 13.1 Å². The molecule has 1 nitrogen and oxygen atoms in total. The van der Waals surface area contributed by atoms with Crippen molar-refractivity contribution in [3.63, 3.8) is 0 Å². The number of hydrogen-bond acceptors (Lipinski definition) is 1. The molecule has 0 radical (unpaired) electrons. The van der Waals surface area contributed by atoms with E-state index in [1.54, 1.807) is 12.1 Å². The van der Waals surface area contributed by atoms with Crippen LogP contribution in [0.5, 0.6) is 0 Å². The van der Waals surface area contributed by atoms with Crippen LogP contribution in [-0.2, 0) is 13.0 Å². The molecule has 1 heterocycles. The van der Waals surface area contributed by atoms with Gasteiger partial charge < -0.3 is 0 Å². The highest BCUT2D eigenvalue weighted by Crippen LogP contribution is 2.20. The van der Waals surface area contributed by atoms with Gasteiger partial charge in [0.25, 0.3) is 0 Å². The molecule has 1 aliphatic rings. The molecule has 0 saturated heterocycles. The van der Waals surface area contributed by atoms with Crippen molar-refractivity contribution in [3.8, 4) is 0 Å². The molecule has 1 aromatic carbocycles. The molecule has 0 aliphatic carbocycles. The van der Waals surface area contributed by atoms with Crippen molar-refractivity contribution in [1.82, 2.24) is 4.90 Å². The standard InChI is InChI=1S/C13H18FN/c1-10(2)8-15-6-5-11-3-4-13(14)7-12(11)9-15/h3-4,7,10H,5-6,8-9H2,1-2H3. The normalized spacial score (nSPS) is 16.8. The molecule has 0 atom stereocenters. The van der Waals surface area contributed by atoms with Gasteiger partial charge >= 0.3 is 0 Å². The Morgan fingerprint density at radius 2 is 2.13 bits per heavy atom. The Balaban J connectivity index is 2.11. The van der Waals surface area contributed by atoms with Gasteiger partial charge in [-0.1, -0.05) is 19.9 Å². The molecule has 0 unspecified atom stereocenters. The summed E-state index contributed by atoms with van der Waals surface area (Å²) in [5.74, 6) is 0.570. The quantitative estimate of drug-likeness (QED) is 0.720. The molecule has 2 heteroatoms. The zero-order chi connectivity index (χ0) is 10.8. The summed E-state index contributed by atoms with van der Waals surface area (Å²) < 4.78 is 13.1. The summed E-state index contributed by atoms with van der Waals surface area (Å²) in [4.78, 5) is 2.41. The summed E-state index contributed by atoms with van der Waals surface area (Å²) >= 11 is 0. The van der Waals surface area contributed by atoms with Crippen LogP contribution in [0.3, 0.4) is 0 Å². The van der Waals surface area contributed by atoms with Gasteiger partial charge in [-0.05, 0) is 35.6 Å². The summed E-state index contributed by atoms with van der Waals surface area (Å²) in [6, 6.07) is 5.18. The maximum Gasteiger partial charge on any atom is 0.123 e. The summed E-state index contributed by atoms with van der Waals surface area (Å²) in [7, 11) is 0. The maximum atomic E-state index is 13.1. The van der Waals surface area contributed by atoms with Crippen molar-refractivity contribution in [1.29, 1.82) is 0 Å². The highest BCUT2D eigenvalue weighted by molar-refractivity contribution is 5.29. The van der Waals surface area contributed by atoms with Crippen LogP contribution in [0.4, 0.5) is 4.39 Å². The predicted octanol–water partition coefficient (Wildman–Crippen LogP) is 2.84. The molecular formula is C13H18FN. The first-order valence-electron chi connectivity index (χ1n) is 5.65. The average Bonchev–Trinajstić information content (AvgIpc) is 2.16. The summed E-state index contributed by atoms with van der Waals surface area (Å²) in [5, 5.41) is 0. The lowest BCUT2D eigenvalue weighted by Crippen LogP contribution is -2.33. The fourth-order valence-electron chi connectivity index (χ4n) is 2.26. The Morgan fingerprint density at radius 1 is 1.33 bits per heavy atom. The molecule has 1 aromatic rings. The zero-order valence-electron chi connectivity index (χ0n) is 9.46. The second-order valence-corrected chi connectivity index (χ2v) is 4.79. The van der Waals surface area contributed by atoms with Gasteiger partial charge in [0.1, 0.15) is 5.82 Å². The Morgan fingerprint density at radius 3 is 2.87 bits per heavy atom. The summed E-state index contributed by atoms with van der Waals surface area (Å²) in [6.07, 6.45) is 1.06. The second-order valence-electron chi connectivity index (χ2n) is 4.79. The van der Waals surface area contributed by atoms with Gasteiger partial charge in [0.2, 0.25) is 0 Å². The minimum absolute atomic E-state index is 0.111. The van der Waals surface area contributed by atoms with Crippen LogP contribution in [0, 0.1) is 11.7 Å². The number of rotatable bonds is 2. The second kappa shape index (κ2) is 4.31. The van der Waals surface area contributed by atoms with Gasteiger partial charge in [0.05, 0.1) is 0 Å². The van der Waals surface area contributed by atoms with E-state index in [0.29, 0.717) is 5.92 Å². The number of benzene rings is 1. The Labute approximate surface area is 90.9 Å². The molecule has 15 heavy (non-hydrogen) atoms. The van der Waals surface area contributed by atoms with Crippen LogP contribution in [-0.4, -0.2) is 18.0 Å². The minimum Gasteiger partial charge on any atom is -0.298 e. The molecule has 82 valence electrons. The molecule has 0 saturated carbocycles. The largest absolute Gasteiger partial charge is 0.298 e. The van der Waals surface area contributed by atoms with E-state index in [1.165, 1.54) is 11.1 Å². The van der Waals surface area contributed by atoms with Crippen molar-refractivity contribution >= 4 is 0 Å². The number of hydrogen-bond donors (Lipinski definition) is 0. The van der Waals surface area contributed by atoms with Crippen molar-refractivity contribution in [2.24, 2.45) is 5.92 Å². The van der Waals surface area contributed by atoms with Gasteiger partial charge in [-0.2, -0.15) is 0 Å². The topological polar surface area (TPSA) is 3.24 Å². The number of nitrogens with zero attached hydrogens (tertiary/aromatic N) is 1. The maximum absolute atomic E-state index is 13.1. The van der Waals surface area contributed by atoms with Crippen LogP contribution in [0.15, 0.2) is 18.2 Å². The first-order chi connectivity index (χ1) is 7.15. The summed E-state index contributed by atoms with van der Waals surface area (Å²) in [5.41, 5.74) is 2.48. The van der Waals surface area contributed by atoms with E-state index in [1.807, 2.05) is 6.07 Å². The highest BCUT2D eigenvalue weighted by Gasteiger charge is 2.16. The highest BCUT2D eigenvalue weighted by atomic mass is 19.1. The smallest absolute Gasteiger partial charge is 0.123 e. The molecule has 2 rings (SSSR count). The minimum atomic E-state index is -0.111. The Hall–Kier alpha value is -0.890. The van der Waals surface area contributed by atoms with E-state index in [4.69, 9.17) is 0 Å². The van der Waals surface area contributed by atoms with Gasteiger partial charge in [-0.3, -0.25) is 4.90 Å². The third kappa shape index (κ3) is 2.57. The molecule has 0 N–H and O–H groups in total. The van der Waals surface area contributed by atoms with Crippen LogP contribution in [0.25, 0.3) is 0 Å². The summed E-state index contributed by atoms with van der Waals surface area (Å²) in [6.45, 7) is 7.57. The third-order valence-electron chi connectivity index (χ3n) is 2.88. The van der Waals surface area contributed by atoms with E-state index < -0.39 is 0 Å². The van der Waals surface area contributed by atoms with Crippen LogP contribution in [0.2, 0.25) is 0 Å². The molecule has 0 amide bonds. The SMILES string of the molecule is CC(C)CN1CCc2ccc(F)cc2C1. The van der Waals surface area contributed by atoms with E-state index in [-0.39, 0.29) is 5.82 Å². The van der Waals surface area contributed by atoms with Crippen LogP contribution >= 0.6 is 0 Å². The van der Waals surface area contributed by atoms with Gasteiger partial charge in [0.15, 0.2) is 0 Å². The van der Waals surface area contributed by atoms with Crippen LogP contribution < -0.4 is 0 Å². The fourth-order valence-corrected chi connectivity index (χ4v) is 2.26. The lowest BCUT2D eigenvalue weighted by molar-refractivity contribution is 0.226. The average molecular weight is 207 g/mol. The monoisotopic (exact) mass is 207 g/mol. The Kier molecular flexibility index (Phi) is 3.06. The molecule has 0 spiro atoms. The molecular weight excluding hydrogens is 189 g/mol. The van der Waals surface area contributed by atoms with E-state index in [0.717, 1.165) is 26.1 Å². The third-order valence-corrected chi connectivity index (χ3v) is 2.88. The number of halogens is 1. The van der Waals surface area contributed by atoms with Crippen molar-refractivity contribution in [2.45, 2.75) is 26.8 Å². The van der Waals surface area contributed by atoms with Gasteiger partial charge in [-0.15, -0.1) is 0 Å². The first-order valence-corrected chi connectivity index (χ1v) is 5.65. The van der Waals surface area contributed by atoms with E-state index in [2.05, 4.69) is 18.7 Å². The van der Waals surface area contributed by atoms with Crippen LogP contribution in [0.1, 0.15) is 25.0 Å². The van der Waals surface area contributed by atoms with E-state index >= 15 is 0 Å². The first kappa shape index (κ1) is 10.6. The fraction of sp³-hybridized carbons (Fsp3) is 0.538. The molecule has 0 fully saturated rings. The van der Waals surface area contributed by atoms with Gasteiger partial charge in [-0.25, -0.2) is 4.39 Å². The molecule has 0 aromatic heterocycles. The number of fused-ring (bicyclic) bond motifs is 1. The van der Waals surface area contributed by atoms with Crippen molar-refractivity contribution in [3.05, 3.63) is 35.1 Å². The predicted molar refractivity (Wildman–Crippen MR) is 60.2 cm³/mol. The lowest BCUT2D eigenvalue weighted by Gasteiger charge is -2.29. The van der Waals surface area contributed by atoms with Gasteiger partial charge in [0, 0.05) is 19.6 Å².